The van der Waals surface area contributed by atoms with Crippen molar-refractivity contribution in [2.75, 3.05) is 30.9 Å². The zero-order valence-corrected chi connectivity index (χ0v) is 19.9. The van der Waals surface area contributed by atoms with Gasteiger partial charge in [-0.15, -0.1) is 0 Å². The monoisotopic (exact) mass is 435 g/mol. The van der Waals surface area contributed by atoms with Gasteiger partial charge in [0.25, 0.3) is 0 Å². The van der Waals surface area contributed by atoms with Crippen molar-refractivity contribution in [3.63, 3.8) is 0 Å². The van der Waals surface area contributed by atoms with E-state index >= 15 is 0 Å². The fourth-order valence-corrected chi connectivity index (χ4v) is 4.34. The van der Waals surface area contributed by atoms with Crippen LogP contribution < -0.4 is 10.2 Å². The number of amides is 2. The molecule has 0 heterocycles. The van der Waals surface area contributed by atoms with Crippen LogP contribution >= 0.6 is 0 Å². The van der Waals surface area contributed by atoms with Crippen LogP contribution in [0.2, 0.25) is 0 Å². The van der Waals surface area contributed by atoms with Crippen molar-refractivity contribution in [3.05, 3.63) is 59.7 Å². The summed E-state index contributed by atoms with van der Waals surface area (Å²) >= 11 is 0. The Morgan fingerprint density at radius 2 is 1.78 bits per heavy atom. The van der Waals surface area contributed by atoms with Crippen LogP contribution in [-0.2, 0) is 16.1 Å². The maximum absolute atomic E-state index is 13.6. The summed E-state index contributed by atoms with van der Waals surface area (Å²) in [4.78, 5) is 30.1. The Morgan fingerprint density at radius 1 is 1.06 bits per heavy atom. The first kappa shape index (κ1) is 23.8. The molecule has 0 unspecified atom stereocenters. The highest BCUT2D eigenvalue weighted by atomic mass is 16.2. The Balaban J connectivity index is 1.85. The SMILES string of the molecule is CCCN(Cc1cc(NC(=O)C2CCC2)ccc1N(C)C)C(=O)[C@@H](CC)c1ccccc1. The van der Waals surface area contributed by atoms with Gasteiger partial charge in [0.15, 0.2) is 0 Å². The first-order chi connectivity index (χ1) is 15.4. The molecule has 0 bridgehead atoms. The molecule has 0 aliphatic heterocycles. The van der Waals surface area contributed by atoms with Crippen molar-refractivity contribution in [1.29, 1.82) is 0 Å². The molecule has 172 valence electrons. The van der Waals surface area contributed by atoms with Crippen LogP contribution in [0.15, 0.2) is 48.5 Å². The van der Waals surface area contributed by atoms with Crippen LogP contribution in [0.5, 0.6) is 0 Å². The predicted octanol–water partition coefficient (Wildman–Crippen LogP) is 5.42. The third kappa shape index (κ3) is 5.70. The molecule has 0 aromatic heterocycles. The van der Waals surface area contributed by atoms with Gasteiger partial charge in [-0.3, -0.25) is 9.59 Å². The number of carbonyl (C=O) groups is 2. The Kier molecular flexibility index (Phi) is 8.32. The Hall–Kier alpha value is -2.82. The van der Waals surface area contributed by atoms with Gasteiger partial charge in [0.2, 0.25) is 11.8 Å². The summed E-state index contributed by atoms with van der Waals surface area (Å²) < 4.78 is 0. The number of nitrogens with one attached hydrogen (secondary N) is 1. The van der Waals surface area contributed by atoms with E-state index in [1.54, 1.807) is 0 Å². The quantitative estimate of drug-likeness (QED) is 0.542. The van der Waals surface area contributed by atoms with Crippen LogP contribution in [0.4, 0.5) is 11.4 Å². The van der Waals surface area contributed by atoms with Crippen molar-refractivity contribution in [2.45, 2.75) is 58.4 Å². The molecule has 2 aromatic rings. The number of carbonyl (C=O) groups excluding carboxylic acids is 2. The second-order valence-electron chi connectivity index (χ2n) is 8.99. The molecule has 3 rings (SSSR count). The first-order valence-corrected chi connectivity index (χ1v) is 11.9. The lowest BCUT2D eigenvalue weighted by Gasteiger charge is -2.29. The maximum atomic E-state index is 13.6. The second kappa shape index (κ2) is 11.2. The number of nitrogens with zero attached hydrogens (tertiary/aromatic N) is 2. The summed E-state index contributed by atoms with van der Waals surface area (Å²) in [6.07, 6.45) is 4.75. The fourth-order valence-electron chi connectivity index (χ4n) is 4.34. The number of benzene rings is 2. The lowest BCUT2D eigenvalue weighted by atomic mass is 9.85. The van der Waals surface area contributed by atoms with E-state index in [2.05, 4.69) is 24.1 Å². The third-order valence-electron chi connectivity index (χ3n) is 6.38. The molecule has 0 radical (unpaired) electrons. The highest BCUT2D eigenvalue weighted by molar-refractivity contribution is 5.93. The summed E-state index contributed by atoms with van der Waals surface area (Å²) in [5.74, 6) is 0.263. The van der Waals surface area contributed by atoms with E-state index < -0.39 is 0 Å². The molecule has 0 spiro atoms. The molecule has 1 N–H and O–H groups in total. The molecule has 5 heteroatoms. The van der Waals surface area contributed by atoms with Gasteiger partial charge in [-0.25, -0.2) is 0 Å². The van der Waals surface area contributed by atoms with Crippen molar-refractivity contribution in [3.8, 4) is 0 Å². The summed E-state index contributed by atoms with van der Waals surface area (Å²) in [6, 6.07) is 16.1. The molecule has 5 nitrogen and oxygen atoms in total. The minimum absolute atomic E-state index is 0.108. The summed E-state index contributed by atoms with van der Waals surface area (Å²) in [7, 11) is 4.02. The lowest BCUT2D eigenvalue weighted by molar-refractivity contribution is -0.133. The molecule has 2 amide bonds. The van der Waals surface area contributed by atoms with E-state index in [0.29, 0.717) is 13.1 Å². The molecule has 0 saturated heterocycles. The standard InChI is InChI=1S/C27H37N3O2/c1-5-17-30(27(32)24(6-2)20-11-8-7-9-12-20)19-22-18-23(15-16-25(22)29(3)4)28-26(31)21-13-10-14-21/h7-9,11-12,15-16,18,21,24H,5-6,10,13-14,17,19H2,1-4H3,(H,28,31)/t24-/m0/s1. The molecule has 1 aliphatic carbocycles. The van der Waals surface area contributed by atoms with Gasteiger partial charge in [-0.1, -0.05) is 50.6 Å². The van der Waals surface area contributed by atoms with Gasteiger partial charge >= 0.3 is 0 Å². The van der Waals surface area contributed by atoms with Gasteiger partial charge in [0.05, 0.1) is 5.92 Å². The number of anilines is 2. The van der Waals surface area contributed by atoms with E-state index in [0.717, 1.165) is 54.6 Å². The highest BCUT2D eigenvalue weighted by Gasteiger charge is 2.27. The fraction of sp³-hybridized carbons (Fsp3) is 0.481. The number of rotatable bonds is 10. The van der Waals surface area contributed by atoms with E-state index in [-0.39, 0.29) is 23.7 Å². The minimum Gasteiger partial charge on any atom is -0.377 e. The van der Waals surface area contributed by atoms with Crippen LogP contribution in [0, 0.1) is 5.92 Å². The van der Waals surface area contributed by atoms with Crippen molar-refractivity contribution in [1.82, 2.24) is 4.90 Å². The Bertz CT molecular complexity index is 906. The van der Waals surface area contributed by atoms with Gasteiger partial charge in [-0.2, -0.15) is 0 Å². The van der Waals surface area contributed by atoms with E-state index in [1.807, 2.05) is 67.5 Å². The largest absolute Gasteiger partial charge is 0.377 e. The molecule has 1 atom stereocenters. The molecule has 1 fully saturated rings. The number of hydrogen-bond acceptors (Lipinski definition) is 3. The average molecular weight is 436 g/mol. The normalized spacial score (nSPS) is 14.4. The number of hydrogen-bond donors (Lipinski definition) is 1. The van der Waals surface area contributed by atoms with E-state index in [1.165, 1.54) is 0 Å². The van der Waals surface area contributed by atoms with Crippen LogP contribution in [0.1, 0.15) is 63.0 Å². The smallest absolute Gasteiger partial charge is 0.230 e. The van der Waals surface area contributed by atoms with Crippen molar-refractivity contribution >= 4 is 23.2 Å². The van der Waals surface area contributed by atoms with Gasteiger partial charge < -0.3 is 15.1 Å². The second-order valence-corrected chi connectivity index (χ2v) is 8.99. The Labute approximate surface area is 192 Å². The lowest BCUT2D eigenvalue weighted by Crippen LogP contribution is -2.35. The molecule has 2 aromatic carbocycles. The molecule has 32 heavy (non-hydrogen) atoms. The van der Waals surface area contributed by atoms with E-state index in [4.69, 9.17) is 0 Å². The zero-order chi connectivity index (χ0) is 23.1. The Morgan fingerprint density at radius 3 is 2.34 bits per heavy atom. The van der Waals surface area contributed by atoms with Crippen LogP contribution in [0.3, 0.4) is 0 Å². The van der Waals surface area contributed by atoms with Gasteiger partial charge in [0, 0.05) is 44.5 Å². The predicted molar refractivity (Wildman–Crippen MR) is 132 cm³/mol. The summed E-state index contributed by atoms with van der Waals surface area (Å²) in [6.45, 7) is 5.40. The molecule has 1 saturated carbocycles. The minimum atomic E-state index is -0.146. The molecule has 1 aliphatic rings. The third-order valence-corrected chi connectivity index (χ3v) is 6.38. The van der Waals surface area contributed by atoms with Crippen LogP contribution in [-0.4, -0.2) is 37.4 Å². The highest BCUT2D eigenvalue weighted by Crippen LogP contribution is 2.30. The average Bonchev–Trinajstić information content (AvgIpc) is 2.73. The summed E-state index contributed by atoms with van der Waals surface area (Å²) in [5.41, 5.74) is 3.98. The van der Waals surface area contributed by atoms with Crippen LogP contribution in [0.25, 0.3) is 0 Å². The maximum Gasteiger partial charge on any atom is 0.230 e. The van der Waals surface area contributed by atoms with Crippen molar-refractivity contribution in [2.24, 2.45) is 5.92 Å². The first-order valence-electron chi connectivity index (χ1n) is 11.9. The van der Waals surface area contributed by atoms with Crippen molar-refractivity contribution < 1.29 is 9.59 Å². The molecular formula is C27H37N3O2. The van der Waals surface area contributed by atoms with Gasteiger partial charge in [-0.05, 0) is 55.0 Å². The topological polar surface area (TPSA) is 52.7 Å². The molecular weight excluding hydrogens is 398 g/mol. The van der Waals surface area contributed by atoms with E-state index in [9.17, 15) is 9.59 Å². The zero-order valence-electron chi connectivity index (χ0n) is 19.9. The van der Waals surface area contributed by atoms with Gasteiger partial charge in [0.1, 0.15) is 0 Å². The summed E-state index contributed by atoms with van der Waals surface area (Å²) in [5, 5.41) is 3.08.